The van der Waals surface area contributed by atoms with E-state index in [-0.39, 0.29) is 24.1 Å². The van der Waals surface area contributed by atoms with Gasteiger partial charge in [0.05, 0.1) is 31.0 Å². The van der Waals surface area contributed by atoms with Crippen molar-refractivity contribution in [2.24, 2.45) is 0 Å². The first-order chi connectivity index (χ1) is 11.4. The predicted octanol–water partition coefficient (Wildman–Crippen LogP) is 1.44. The van der Waals surface area contributed by atoms with Gasteiger partial charge in [-0.15, -0.1) is 0 Å². The van der Waals surface area contributed by atoms with Gasteiger partial charge in [0.25, 0.3) is 0 Å². The van der Waals surface area contributed by atoms with Crippen LogP contribution in [-0.4, -0.2) is 78.0 Å². The maximum absolute atomic E-state index is 12.7. The van der Waals surface area contributed by atoms with Crippen LogP contribution in [0.3, 0.4) is 0 Å². The van der Waals surface area contributed by atoms with Gasteiger partial charge in [0.1, 0.15) is 5.82 Å². The zero-order valence-electron chi connectivity index (χ0n) is 15.5. The minimum absolute atomic E-state index is 0.00514. The number of rotatable bonds is 7. The third kappa shape index (κ3) is 4.78. The molecule has 1 N–H and O–H groups in total. The van der Waals surface area contributed by atoms with Gasteiger partial charge in [-0.2, -0.15) is 5.10 Å². The van der Waals surface area contributed by atoms with E-state index in [9.17, 15) is 4.79 Å². The number of nitrogens with zero attached hydrogens (tertiary/aromatic N) is 4. The van der Waals surface area contributed by atoms with Gasteiger partial charge in [0.2, 0.25) is 5.91 Å². The van der Waals surface area contributed by atoms with E-state index in [1.807, 2.05) is 31.8 Å². The van der Waals surface area contributed by atoms with Gasteiger partial charge in [-0.1, -0.05) is 6.92 Å². The molecule has 24 heavy (non-hydrogen) atoms. The summed E-state index contributed by atoms with van der Waals surface area (Å²) in [6.45, 7) is 9.25. The number of amides is 1. The molecule has 0 radical (unpaired) electrons. The summed E-state index contributed by atoms with van der Waals surface area (Å²) in [5, 5.41) is 7.35. The molecule has 0 aromatic carbocycles. The number of aromatic nitrogens is 2. The maximum atomic E-state index is 12.7. The number of morpholine rings is 1. The molecular formula is C17H31N5O2. The normalized spacial score (nSPS) is 21.7. The van der Waals surface area contributed by atoms with Crippen molar-refractivity contribution in [2.75, 3.05) is 45.7 Å². The number of nitrogens with one attached hydrogen (secondary N) is 1. The number of ether oxygens (including phenoxy) is 1. The lowest BCUT2D eigenvalue weighted by molar-refractivity contribution is -0.124. The number of likely N-dealkylation sites (N-methyl/N-ethyl adjacent to an activating group) is 1. The number of carbonyl (C=O) groups is 1. The highest BCUT2D eigenvalue weighted by molar-refractivity contribution is 5.93. The second-order valence-electron chi connectivity index (χ2n) is 6.83. The van der Waals surface area contributed by atoms with Gasteiger partial charge in [-0.3, -0.25) is 9.69 Å². The van der Waals surface area contributed by atoms with Crippen LogP contribution in [0.5, 0.6) is 0 Å². The molecule has 0 aliphatic carbocycles. The smallest absolute Gasteiger partial charge is 0.242 e. The third-order valence-electron chi connectivity index (χ3n) is 4.60. The van der Waals surface area contributed by atoms with E-state index in [1.54, 1.807) is 6.20 Å². The maximum Gasteiger partial charge on any atom is 0.242 e. The Morgan fingerprint density at radius 3 is 2.92 bits per heavy atom. The van der Waals surface area contributed by atoms with E-state index in [0.29, 0.717) is 6.61 Å². The monoisotopic (exact) mass is 337 g/mol. The van der Waals surface area contributed by atoms with Crippen molar-refractivity contribution in [2.45, 2.75) is 45.4 Å². The van der Waals surface area contributed by atoms with E-state index in [0.717, 1.165) is 31.9 Å². The van der Waals surface area contributed by atoms with Crippen LogP contribution in [0, 0.1) is 0 Å². The molecule has 3 atom stereocenters. The molecule has 0 saturated carbocycles. The number of hydrogen-bond acceptors (Lipinski definition) is 5. The average Bonchev–Trinajstić information content (AvgIpc) is 3.01. The lowest BCUT2D eigenvalue weighted by Gasteiger charge is -2.37. The van der Waals surface area contributed by atoms with Crippen LogP contribution in [0.2, 0.25) is 0 Å². The molecule has 136 valence electrons. The minimum Gasteiger partial charge on any atom is -0.374 e. The van der Waals surface area contributed by atoms with Crippen LogP contribution in [0.25, 0.3) is 0 Å². The Kier molecular flexibility index (Phi) is 6.77. The van der Waals surface area contributed by atoms with Crippen molar-refractivity contribution < 1.29 is 9.53 Å². The molecule has 2 heterocycles. The number of hydrogen-bond donors (Lipinski definition) is 1. The highest BCUT2D eigenvalue weighted by Crippen LogP contribution is 2.17. The lowest BCUT2D eigenvalue weighted by Crippen LogP contribution is -2.52. The van der Waals surface area contributed by atoms with Crippen LogP contribution in [0.4, 0.5) is 5.82 Å². The summed E-state index contributed by atoms with van der Waals surface area (Å²) in [7, 11) is 4.07. The Labute approximate surface area is 144 Å². The SMILES string of the molecule is CC[C@H](C)n1nccc1NC(=O)[C@@H](C)N1CCO[C@H](CN(C)C)C1. The minimum atomic E-state index is -0.196. The van der Waals surface area contributed by atoms with Gasteiger partial charge in [-0.05, 0) is 34.4 Å². The van der Waals surface area contributed by atoms with Crippen molar-refractivity contribution in [1.29, 1.82) is 0 Å². The Morgan fingerprint density at radius 1 is 1.50 bits per heavy atom. The molecule has 1 aromatic heterocycles. The van der Waals surface area contributed by atoms with E-state index >= 15 is 0 Å². The fraction of sp³-hybridized carbons (Fsp3) is 0.765. The van der Waals surface area contributed by atoms with E-state index in [2.05, 4.69) is 34.1 Å². The van der Waals surface area contributed by atoms with E-state index < -0.39 is 0 Å². The Bertz CT molecular complexity index is 531. The topological polar surface area (TPSA) is 62.6 Å². The Hall–Kier alpha value is -1.44. The molecule has 2 rings (SSSR count). The Morgan fingerprint density at radius 2 is 2.25 bits per heavy atom. The highest BCUT2D eigenvalue weighted by Gasteiger charge is 2.28. The first-order valence-corrected chi connectivity index (χ1v) is 8.77. The first kappa shape index (κ1) is 18.9. The van der Waals surface area contributed by atoms with Crippen molar-refractivity contribution in [3.05, 3.63) is 12.3 Å². The molecule has 0 bridgehead atoms. The Balaban J connectivity index is 1.96. The fourth-order valence-electron chi connectivity index (χ4n) is 2.95. The molecule has 0 spiro atoms. The van der Waals surface area contributed by atoms with E-state index in [1.165, 1.54) is 0 Å². The van der Waals surface area contributed by atoms with Gasteiger partial charge in [0, 0.05) is 25.7 Å². The molecule has 1 aromatic rings. The molecule has 1 amide bonds. The zero-order chi connectivity index (χ0) is 17.7. The van der Waals surface area contributed by atoms with Gasteiger partial charge < -0.3 is 15.0 Å². The number of carbonyl (C=O) groups excluding carboxylic acids is 1. The average molecular weight is 337 g/mol. The summed E-state index contributed by atoms with van der Waals surface area (Å²) in [6, 6.07) is 1.92. The van der Waals surface area contributed by atoms with Crippen molar-refractivity contribution in [3.8, 4) is 0 Å². The zero-order valence-corrected chi connectivity index (χ0v) is 15.5. The summed E-state index contributed by atoms with van der Waals surface area (Å²) in [4.78, 5) is 17.0. The van der Waals surface area contributed by atoms with Gasteiger partial charge >= 0.3 is 0 Å². The van der Waals surface area contributed by atoms with Crippen LogP contribution in [0.1, 0.15) is 33.2 Å². The largest absolute Gasteiger partial charge is 0.374 e. The summed E-state index contributed by atoms with van der Waals surface area (Å²) in [5.74, 6) is 0.768. The second kappa shape index (κ2) is 8.60. The van der Waals surface area contributed by atoms with Crippen LogP contribution < -0.4 is 5.32 Å². The van der Waals surface area contributed by atoms with Crippen molar-refractivity contribution >= 4 is 11.7 Å². The van der Waals surface area contributed by atoms with Crippen molar-refractivity contribution in [1.82, 2.24) is 19.6 Å². The fourth-order valence-corrected chi connectivity index (χ4v) is 2.95. The molecule has 7 nitrogen and oxygen atoms in total. The third-order valence-corrected chi connectivity index (χ3v) is 4.60. The summed E-state index contributed by atoms with van der Waals surface area (Å²) >= 11 is 0. The lowest BCUT2D eigenvalue weighted by atomic mass is 10.2. The molecule has 1 fully saturated rings. The highest BCUT2D eigenvalue weighted by atomic mass is 16.5. The molecule has 7 heteroatoms. The van der Waals surface area contributed by atoms with Gasteiger partial charge in [-0.25, -0.2) is 4.68 Å². The van der Waals surface area contributed by atoms with Crippen LogP contribution >= 0.6 is 0 Å². The van der Waals surface area contributed by atoms with Crippen molar-refractivity contribution in [3.63, 3.8) is 0 Å². The standard InChI is InChI=1S/C17H31N5O2/c1-6-13(2)22-16(7-8-18-22)19-17(23)14(3)21-9-10-24-15(12-21)11-20(4)5/h7-8,13-15H,6,9-12H2,1-5H3,(H,19,23)/t13-,14+,15+/m0/s1. The summed E-state index contributed by atoms with van der Waals surface area (Å²) in [5.41, 5.74) is 0. The first-order valence-electron chi connectivity index (χ1n) is 8.77. The summed E-state index contributed by atoms with van der Waals surface area (Å²) in [6.07, 6.45) is 2.85. The molecule has 0 unspecified atom stereocenters. The van der Waals surface area contributed by atoms with Crippen LogP contribution in [-0.2, 0) is 9.53 Å². The molecule has 1 saturated heterocycles. The second-order valence-corrected chi connectivity index (χ2v) is 6.83. The van der Waals surface area contributed by atoms with E-state index in [4.69, 9.17) is 4.74 Å². The molecule has 1 aliphatic heterocycles. The summed E-state index contributed by atoms with van der Waals surface area (Å²) < 4.78 is 7.66. The predicted molar refractivity (Wildman–Crippen MR) is 95.2 cm³/mol. The quantitative estimate of drug-likeness (QED) is 0.816. The van der Waals surface area contributed by atoms with Gasteiger partial charge in [0.15, 0.2) is 0 Å². The number of anilines is 1. The molecule has 1 aliphatic rings. The van der Waals surface area contributed by atoms with Crippen LogP contribution in [0.15, 0.2) is 12.3 Å². The molecular weight excluding hydrogens is 306 g/mol.